The van der Waals surface area contributed by atoms with Gasteiger partial charge in [0.25, 0.3) is 0 Å². The average Bonchev–Trinajstić information content (AvgIpc) is 3.37. The van der Waals surface area contributed by atoms with Gasteiger partial charge in [-0.05, 0) is 37.1 Å². The van der Waals surface area contributed by atoms with Gasteiger partial charge in [0.1, 0.15) is 30.2 Å². The Bertz CT molecular complexity index is 1260. The van der Waals surface area contributed by atoms with E-state index in [-0.39, 0.29) is 6.04 Å². The van der Waals surface area contributed by atoms with Gasteiger partial charge in [0.2, 0.25) is 6.29 Å². The van der Waals surface area contributed by atoms with Crippen molar-refractivity contribution in [2.24, 2.45) is 11.8 Å². The molecule has 4 heterocycles. The Balaban J connectivity index is 1.45. The molecule has 5 rings (SSSR count). The standard InChI is InChI=1S/C28H36N2O10/c1-4-13-15(10-18-22-14(8-9-29-18)21-17(30-22)6-5-7-19(21)36-2)16(26(35)37-3)12-38-27(13)40-28-25(34)24(33)23(32)20(11-31)39-28/h4-7,12-13,15,18,20,23-25,27-34H,1,8-11H2,2-3H3/t13-,15+,18+,20?,23?,24?,25?,27+,28?/m1/s1. The Kier molecular flexibility index (Phi) is 8.47. The van der Waals surface area contributed by atoms with Crippen LogP contribution in [0.5, 0.6) is 5.75 Å². The number of fused-ring (bicyclic) bond motifs is 3. The van der Waals surface area contributed by atoms with E-state index < -0.39 is 61.4 Å². The lowest BCUT2D eigenvalue weighted by Crippen LogP contribution is -2.60. The minimum atomic E-state index is -1.61. The van der Waals surface area contributed by atoms with Gasteiger partial charge < -0.3 is 54.4 Å². The van der Waals surface area contributed by atoms with E-state index in [1.807, 2.05) is 18.2 Å². The lowest BCUT2D eigenvalue weighted by Gasteiger charge is -2.43. The van der Waals surface area contributed by atoms with Crippen LogP contribution in [0.25, 0.3) is 10.9 Å². The lowest BCUT2D eigenvalue weighted by atomic mass is 9.78. The van der Waals surface area contributed by atoms with Crippen molar-refractivity contribution in [3.8, 4) is 5.75 Å². The molecule has 40 heavy (non-hydrogen) atoms. The van der Waals surface area contributed by atoms with Crippen molar-refractivity contribution in [3.05, 3.63) is 53.9 Å². The summed E-state index contributed by atoms with van der Waals surface area (Å²) in [6.07, 6.45) is -4.25. The quantitative estimate of drug-likeness (QED) is 0.195. The third-order valence-electron chi connectivity index (χ3n) is 8.06. The third kappa shape index (κ3) is 5.00. The minimum Gasteiger partial charge on any atom is -0.496 e. The van der Waals surface area contributed by atoms with Gasteiger partial charge >= 0.3 is 5.97 Å². The van der Waals surface area contributed by atoms with Crippen molar-refractivity contribution in [2.75, 3.05) is 27.4 Å². The second-order valence-electron chi connectivity index (χ2n) is 10.2. The summed E-state index contributed by atoms with van der Waals surface area (Å²) >= 11 is 0. The molecule has 0 spiro atoms. The molecule has 2 aromatic rings. The molecular weight excluding hydrogens is 524 g/mol. The van der Waals surface area contributed by atoms with Crippen molar-refractivity contribution in [1.82, 2.24) is 10.3 Å². The van der Waals surface area contributed by atoms with Crippen LogP contribution in [-0.2, 0) is 30.2 Å². The van der Waals surface area contributed by atoms with Gasteiger partial charge in [-0.25, -0.2) is 4.79 Å². The Hall–Kier alpha value is -2.97. The van der Waals surface area contributed by atoms with E-state index in [1.165, 1.54) is 13.4 Å². The fourth-order valence-corrected chi connectivity index (χ4v) is 5.98. The van der Waals surface area contributed by atoms with Crippen LogP contribution >= 0.6 is 0 Å². The molecular formula is C28H36N2O10. The van der Waals surface area contributed by atoms with Gasteiger partial charge in [0, 0.05) is 34.5 Å². The lowest BCUT2D eigenvalue weighted by molar-refractivity contribution is -0.339. The topological polar surface area (TPSA) is 172 Å². The Morgan fingerprint density at radius 1 is 1.18 bits per heavy atom. The number of rotatable bonds is 8. The molecule has 0 saturated carbocycles. The molecule has 0 radical (unpaired) electrons. The number of ether oxygens (including phenoxy) is 5. The second-order valence-corrected chi connectivity index (χ2v) is 10.2. The van der Waals surface area contributed by atoms with Crippen molar-refractivity contribution in [3.63, 3.8) is 0 Å². The SMILES string of the molecule is C=C[C@H]1[C@H](OC2OC(CO)C(O)C(O)C2O)OC=C(C(=O)OC)[C@H]1C[C@@H]1NCCc2c1[nH]c1cccc(OC)c21. The number of esters is 1. The molecule has 0 aliphatic carbocycles. The highest BCUT2D eigenvalue weighted by atomic mass is 16.8. The van der Waals surface area contributed by atoms with Crippen LogP contribution in [0.15, 0.2) is 42.7 Å². The molecule has 1 aromatic carbocycles. The smallest absolute Gasteiger partial charge is 0.337 e. The van der Waals surface area contributed by atoms with Gasteiger partial charge in [-0.1, -0.05) is 12.1 Å². The number of carbonyl (C=O) groups excluding carboxylic acids is 1. The number of hydrogen-bond acceptors (Lipinski definition) is 11. The van der Waals surface area contributed by atoms with Crippen LogP contribution in [0.1, 0.15) is 23.7 Å². The fraction of sp³-hybridized carbons (Fsp3) is 0.536. The van der Waals surface area contributed by atoms with Crippen molar-refractivity contribution in [1.29, 1.82) is 0 Å². The summed E-state index contributed by atoms with van der Waals surface area (Å²) in [7, 11) is 2.94. The maximum atomic E-state index is 12.8. The zero-order valence-electron chi connectivity index (χ0n) is 22.4. The van der Waals surface area contributed by atoms with E-state index in [4.69, 9.17) is 23.7 Å². The molecule has 3 aliphatic heterocycles. The Morgan fingerprint density at radius 2 is 1.98 bits per heavy atom. The zero-order valence-corrected chi connectivity index (χ0v) is 22.4. The van der Waals surface area contributed by atoms with E-state index in [0.29, 0.717) is 18.5 Å². The predicted molar refractivity (Wildman–Crippen MR) is 141 cm³/mol. The summed E-state index contributed by atoms with van der Waals surface area (Å²) < 4.78 is 27.9. The molecule has 5 unspecified atom stereocenters. The molecule has 12 heteroatoms. The molecule has 1 aromatic heterocycles. The van der Waals surface area contributed by atoms with Gasteiger partial charge in [0.15, 0.2) is 6.29 Å². The molecule has 0 bridgehead atoms. The maximum Gasteiger partial charge on any atom is 0.337 e. The largest absolute Gasteiger partial charge is 0.496 e. The molecule has 1 fully saturated rings. The summed E-state index contributed by atoms with van der Waals surface area (Å²) in [5.41, 5.74) is 3.40. The van der Waals surface area contributed by atoms with E-state index in [0.717, 1.165) is 34.3 Å². The number of nitrogens with one attached hydrogen (secondary N) is 2. The number of aliphatic hydroxyl groups is 4. The summed E-state index contributed by atoms with van der Waals surface area (Å²) in [6, 6.07) is 5.68. The number of carbonyl (C=O) groups is 1. The average molecular weight is 561 g/mol. The first-order valence-electron chi connectivity index (χ1n) is 13.3. The van der Waals surface area contributed by atoms with Crippen molar-refractivity contribution < 1.29 is 48.9 Å². The van der Waals surface area contributed by atoms with Crippen molar-refractivity contribution >= 4 is 16.9 Å². The highest BCUT2D eigenvalue weighted by Gasteiger charge is 2.48. The van der Waals surface area contributed by atoms with Crippen LogP contribution in [0.3, 0.4) is 0 Å². The van der Waals surface area contributed by atoms with E-state index in [9.17, 15) is 25.2 Å². The first-order valence-corrected chi connectivity index (χ1v) is 13.3. The van der Waals surface area contributed by atoms with Gasteiger partial charge in [-0.15, -0.1) is 6.58 Å². The van der Waals surface area contributed by atoms with Crippen molar-refractivity contribution in [2.45, 2.75) is 55.9 Å². The molecule has 3 aliphatic rings. The first-order chi connectivity index (χ1) is 19.3. The van der Waals surface area contributed by atoms with Crippen LogP contribution < -0.4 is 10.1 Å². The normalized spacial score (nSPS) is 34.0. The highest BCUT2D eigenvalue weighted by Crippen LogP contribution is 2.43. The number of methoxy groups -OCH3 is 2. The molecule has 1 saturated heterocycles. The van der Waals surface area contributed by atoms with Crippen LogP contribution in [-0.4, -0.2) is 95.7 Å². The summed E-state index contributed by atoms with van der Waals surface area (Å²) in [5, 5.41) is 44.9. The number of aliphatic hydroxyl groups excluding tert-OH is 4. The molecule has 6 N–H and O–H groups in total. The highest BCUT2D eigenvalue weighted by molar-refractivity contribution is 5.91. The van der Waals surface area contributed by atoms with E-state index in [2.05, 4.69) is 16.9 Å². The van der Waals surface area contributed by atoms with Gasteiger partial charge in [0.05, 0.1) is 32.7 Å². The molecule has 218 valence electrons. The zero-order chi connectivity index (χ0) is 28.6. The summed E-state index contributed by atoms with van der Waals surface area (Å²) in [5.74, 6) is -0.853. The Labute approximate surface area is 231 Å². The van der Waals surface area contributed by atoms with Crippen LogP contribution in [0.2, 0.25) is 0 Å². The van der Waals surface area contributed by atoms with Gasteiger partial charge in [-0.2, -0.15) is 0 Å². The molecule has 12 nitrogen and oxygen atoms in total. The first kappa shape index (κ1) is 28.6. The number of H-pyrrole nitrogens is 1. The number of aromatic amines is 1. The number of benzene rings is 1. The number of hydrogen-bond donors (Lipinski definition) is 6. The van der Waals surface area contributed by atoms with Crippen LogP contribution in [0.4, 0.5) is 0 Å². The summed E-state index contributed by atoms with van der Waals surface area (Å²) in [6.45, 7) is 4.07. The van der Waals surface area contributed by atoms with E-state index in [1.54, 1.807) is 13.2 Å². The molecule has 0 amide bonds. The predicted octanol–water partition coefficient (Wildman–Crippen LogP) is 0.402. The second kappa shape index (κ2) is 11.9. The van der Waals surface area contributed by atoms with Crippen LogP contribution in [0, 0.1) is 11.8 Å². The monoisotopic (exact) mass is 560 g/mol. The van der Waals surface area contributed by atoms with E-state index >= 15 is 0 Å². The number of aromatic nitrogens is 1. The fourth-order valence-electron chi connectivity index (χ4n) is 5.98. The Morgan fingerprint density at radius 3 is 2.67 bits per heavy atom. The van der Waals surface area contributed by atoms with Gasteiger partial charge in [-0.3, -0.25) is 0 Å². The third-order valence-corrected chi connectivity index (χ3v) is 8.06. The molecule has 9 atom stereocenters. The minimum absolute atomic E-state index is 0.174. The summed E-state index contributed by atoms with van der Waals surface area (Å²) in [4.78, 5) is 16.3. The maximum absolute atomic E-state index is 12.8.